The first-order chi connectivity index (χ1) is 13.5. The van der Waals surface area contributed by atoms with Crippen molar-refractivity contribution in [2.45, 2.75) is 32.7 Å². The number of benzene rings is 2. The first kappa shape index (κ1) is 21.2. The number of hydrogen-bond donors (Lipinski definition) is 2. The van der Waals surface area contributed by atoms with E-state index in [0.29, 0.717) is 30.6 Å². The third-order valence-corrected chi connectivity index (χ3v) is 4.60. The van der Waals surface area contributed by atoms with Crippen molar-refractivity contribution in [3.05, 3.63) is 71.3 Å². The molecule has 0 aliphatic rings. The van der Waals surface area contributed by atoms with Gasteiger partial charge in [-0.1, -0.05) is 30.3 Å². The maximum Gasteiger partial charge on any atom is 0.303 e. The summed E-state index contributed by atoms with van der Waals surface area (Å²) in [6, 6.07) is 15.4. The van der Waals surface area contributed by atoms with Crippen molar-refractivity contribution in [1.82, 2.24) is 10.2 Å². The Morgan fingerprint density at radius 2 is 1.50 bits per heavy atom. The minimum absolute atomic E-state index is 0.0445. The fourth-order valence-electron chi connectivity index (χ4n) is 2.97. The lowest BCUT2D eigenvalue weighted by molar-refractivity contribution is -0.137. The van der Waals surface area contributed by atoms with Crippen molar-refractivity contribution in [1.29, 1.82) is 0 Å². The third kappa shape index (κ3) is 5.67. The van der Waals surface area contributed by atoms with E-state index in [1.807, 2.05) is 44.2 Å². The Morgan fingerprint density at radius 3 is 2.04 bits per heavy atom. The zero-order valence-corrected chi connectivity index (χ0v) is 16.2. The maximum atomic E-state index is 12.6. The Hall–Kier alpha value is -3.15. The number of amides is 2. The SMILES string of the molecule is CCN(CC)C(=O)c1ccc(C(=O)NC(CCC(=O)O)c2ccccc2)cc1. The molecular weight excluding hydrogens is 356 g/mol. The van der Waals surface area contributed by atoms with E-state index < -0.39 is 12.0 Å². The monoisotopic (exact) mass is 382 g/mol. The van der Waals surface area contributed by atoms with Crippen LogP contribution in [0.2, 0.25) is 0 Å². The molecule has 2 aromatic carbocycles. The van der Waals surface area contributed by atoms with E-state index in [9.17, 15) is 14.4 Å². The van der Waals surface area contributed by atoms with Gasteiger partial charge in [-0.25, -0.2) is 0 Å². The lowest BCUT2D eigenvalue weighted by Crippen LogP contribution is -2.31. The minimum Gasteiger partial charge on any atom is -0.481 e. The Kier molecular flexibility index (Phi) is 7.75. The van der Waals surface area contributed by atoms with Crippen molar-refractivity contribution in [2.24, 2.45) is 0 Å². The fraction of sp³-hybridized carbons (Fsp3) is 0.318. The fourth-order valence-corrected chi connectivity index (χ4v) is 2.97. The minimum atomic E-state index is -0.908. The zero-order valence-electron chi connectivity index (χ0n) is 16.2. The van der Waals surface area contributed by atoms with Gasteiger partial charge in [-0.05, 0) is 50.1 Å². The highest BCUT2D eigenvalue weighted by atomic mass is 16.4. The van der Waals surface area contributed by atoms with Gasteiger partial charge in [-0.3, -0.25) is 14.4 Å². The van der Waals surface area contributed by atoms with E-state index in [1.165, 1.54) is 0 Å². The van der Waals surface area contributed by atoms with Crippen LogP contribution in [0.3, 0.4) is 0 Å². The number of nitrogens with one attached hydrogen (secondary N) is 1. The second-order valence-electron chi connectivity index (χ2n) is 6.42. The molecule has 0 aromatic heterocycles. The number of carboxylic acids is 1. The lowest BCUT2D eigenvalue weighted by Gasteiger charge is -2.20. The van der Waals surface area contributed by atoms with Crippen molar-refractivity contribution >= 4 is 17.8 Å². The van der Waals surface area contributed by atoms with E-state index >= 15 is 0 Å². The Morgan fingerprint density at radius 1 is 0.929 bits per heavy atom. The number of carboxylic acid groups (broad SMARTS) is 1. The van der Waals surface area contributed by atoms with Crippen LogP contribution in [0.5, 0.6) is 0 Å². The van der Waals surface area contributed by atoms with Gasteiger partial charge in [-0.15, -0.1) is 0 Å². The summed E-state index contributed by atoms with van der Waals surface area (Å²) in [5.41, 5.74) is 1.81. The van der Waals surface area contributed by atoms with Gasteiger partial charge in [0, 0.05) is 30.6 Å². The molecule has 0 aliphatic heterocycles. The van der Waals surface area contributed by atoms with Crippen LogP contribution in [0.4, 0.5) is 0 Å². The summed E-state index contributed by atoms with van der Waals surface area (Å²) >= 11 is 0. The van der Waals surface area contributed by atoms with E-state index in [-0.39, 0.29) is 18.2 Å². The molecule has 2 N–H and O–H groups in total. The molecule has 0 heterocycles. The highest BCUT2D eigenvalue weighted by Gasteiger charge is 2.18. The molecule has 0 fully saturated rings. The summed E-state index contributed by atoms with van der Waals surface area (Å²) in [5.74, 6) is -1.28. The van der Waals surface area contributed by atoms with E-state index in [4.69, 9.17) is 5.11 Å². The van der Waals surface area contributed by atoms with Crippen LogP contribution in [0.25, 0.3) is 0 Å². The molecule has 0 radical (unpaired) electrons. The summed E-state index contributed by atoms with van der Waals surface area (Å²) in [7, 11) is 0. The summed E-state index contributed by atoms with van der Waals surface area (Å²) in [4.78, 5) is 37.7. The van der Waals surface area contributed by atoms with E-state index in [0.717, 1.165) is 5.56 Å². The molecule has 1 unspecified atom stereocenters. The molecule has 0 saturated carbocycles. The van der Waals surface area contributed by atoms with Gasteiger partial charge in [0.25, 0.3) is 11.8 Å². The summed E-state index contributed by atoms with van der Waals surface area (Å²) in [5, 5.41) is 11.9. The van der Waals surface area contributed by atoms with Crippen LogP contribution in [-0.4, -0.2) is 40.9 Å². The molecule has 148 valence electrons. The van der Waals surface area contributed by atoms with Gasteiger partial charge in [0.1, 0.15) is 0 Å². The first-order valence-electron chi connectivity index (χ1n) is 9.43. The molecule has 2 amide bonds. The van der Waals surface area contributed by atoms with Crippen LogP contribution in [0.15, 0.2) is 54.6 Å². The van der Waals surface area contributed by atoms with Crippen molar-refractivity contribution in [3.8, 4) is 0 Å². The number of carbonyl (C=O) groups excluding carboxylic acids is 2. The molecule has 0 saturated heterocycles. The Labute approximate surface area is 165 Å². The van der Waals surface area contributed by atoms with Crippen LogP contribution in [0.1, 0.15) is 59.0 Å². The van der Waals surface area contributed by atoms with E-state index in [1.54, 1.807) is 29.2 Å². The third-order valence-electron chi connectivity index (χ3n) is 4.60. The zero-order chi connectivity index (χ0) is 20.5. The van der Waals surface area contributed by atoms with Gasteiger partial charge in [-0.2, -0.15) is 0 Å². The first-order valence-corrected chi connectivity index (χ1v) is 9.43. The topological polar surface area (TPSA) is 86.7 Å². The summed E-state index contributed by atoms with van der Waals surface area (Å²) in [6.07, 6.45) is 0.251. The number of hydrogen-bond acceptors (Lipinski definition) is 3. The van der Waals surface area contributed by atoms with Crippen molar-refractivity contribution in [2.75, 3.05) is 13.1 Å². The average molecular weight is 382 g/mol. The highest BCUT2D eigenvalue weighted by Crippen LogP contribution is 2.19. The molecule has 0 spiro atoms. The van der Waals surface area contributed by atoms with Gasteiger partial charge >= 0.3 is 5.97 Å². The predicted molar refractivity (Wildman–Crippen MR) is 107 cm³/mol. The molecule has 28 heavy (non-hydrogen) atoms. The second-order valence-corrected chi connectivity index (χ2v) is 6.42. The smallest absolute Gasteiger partial charge is 0.303 e. The van der Waals surface area contributed by atoms with Gasteiger partial charge in [0.15, 0.2) is 0 Å². The summed E-state index contributed by atoms with van der Waals surface area (Å²) in [6.45, 7) is 5.09. The molecule has 1 atom stereocenters. The van der Waals surface area contributed by atoms with Crippen molar-refractivity contribution < 1.29 is 19.5 Å². The average Bonchev–Trinajstić information content (AvgIpc) is 2.72. The lowest BCUT2D eigenvalue weighted by atomic mass is 10.0. The second kappa shape index (κ2) is 10.3. The van der Waals surface area contributed by atoms with Gasteiger partial charge in [0.2, 0.25) is 0 Å². The molecule has 2 aromatic rings. The van der Waals surface area contributed by atoms with Gasteiger partial charge < -0.3 is 15.3 Å². The normalized spacial score (nSPS) is 11.5. The van der Waals surface area contributed by atoms with Crippen LogP contribution >= 0.6 is 0 Å². The standard InChI is InChI=1S/C22H26N2O4/c1-3-24(4-2)22(28)18-12-10-17(11-13-18)21(27)23-19(14-15-20(25)26)16-8-6-5-7-9-16/h5-13,19H,3-4,14-15H2,1-2H3,(H,23,27)(H,25,26). The Balaban J connectivity index is 2.12. The molecule has 0 bridgehead atoms. The number of aliphatic carboxylic acids is 1. The predicted octanol–water partition coefficient (Wildman–Crippen LogP) is 3.50. The molecule has 2 rings (SSSR count). The molecule has 0 aliphatic carbocycles. The molecular formula is C22H26N2O4. The van der Waals surface area contributed by atoms with Crippen LogP contribution in [-0.2, 0) is 4.79 Å². The number of rotatable bonds is 9. The quantitative estimate of drug-likeness (QED) is 0.695. The molecule has 6 heteroatoms. The number of carbonyl (C=O) groups is 3. The Bertz CT molecular complexity index is 799. The van der Waals surface area contributed by atoms with E-state index in [2.05, 4.69) is 5.32 Å². The van der Waals surface area contributed by atoms with Crippen molar-refractivity contribution in [3.63, 3.8) is 0 Å². The summed E-state index contributed by atoms with van der Waals surface area (Å²) < 4.78 is 0. The highest BCUT2D eigenvalue weighted by molar-refractivity contribution is 5.98. The largest absolute Gasteiger partial charge is 0.481 e. The number of nitrogens with zero attached hydrogens (tertiary/aromatic N) is 1. The van der Waals surface area contributed by atoms with Crippen LogP contribution < -0.4 is 5.32 Å². The maximum absolute atomic E-state index is 12.6. The molecule has 6 nitrogen and oxygen atoms in total. The van der Waals surface area contributed by atoms with Gasteiger partial charge in [0.05, 0.1) is 6.04 Å². The van der Waals surface area contributed by atoms with Crippen LogP contribution in [0, 0.1) is 0 Å².